The SMILES string of the molecule is COc1cc(CN)cc(Br)c1OCCOC(C)C. The van der Waals surface area contributed by atoms with E-state index < -0.39 is 0 Å². The molecule has 0 saturated carbocycles. The molecule has 2 N–H and O–H groups in total. The number of hydrogen-bond acceptors (Lipinski definition) is 4. The van der Waals surface area contributed by atoms with Crippen molar-refractivity contribution in [1.29, 1.82) is 0 Å². The first-order valence-electron chi connectivity index (χ1n) is 5.89. The Morgan fingerprint density at radius 2 is 2.00 bits per heavy atom. The summed E-state index contributed by atoms with van der Waals surface area (Å²) in [6.45, 7) is 5.48. The lowest BCUT2D eigenvalue weighted by Gasteiger charge is -2.14. The second kappa shape index (κ2) is 7.61. The van der Waals surface area contributed by atoms with Crippen molar-refractivity contribution < 1.29 is 14.2 Å². The molecule has 1 aromatic carbocycles. The van der Waals surface area contributed by atoms with Gasteiger partial charge in [-0.15, -0.1) is 0 Å². The average Bonchev–Trinajstić information content (AvgIpc) is 2.34. The number of nitrogens with two attached hydrogens (primary N) is 1. The highest BCUT2D eigenvalue weighted by molar-refractivity contribution is 9.10. The normalized spacial score (nSPS) is 10.8. The fourth-order valence-corrected chi connectivity index (χ4v) is 2.06. The van der Waals surface area contributed by atoms with Gasteiger partial charge in [0.25, 0.3) is 0 Å². The largest absolute Gasteiger partial charge is 0.493 e. The molecule has 102 valence electrons. The highest BCUT2D eigenvalue weighted by atomic mass is 79.9. The maximum atomic E-state index is 5.67. The van der Waals surface area contributed by atoms with E-state index in [1.165, 1.54) is 0 Å². The molecule has 4 nitrogen and oxygen atoms in total. The molecule has 1 rings (SSSR count). The molecule has 0 aliphatic carbocycles. The molecule has 0 atom stereocenters. The molecule has 0 radical (unpaired) electrons. The standard InChI is InChI=1S/C13H20BrNO3/c1-9(2)17-4-5-18-13-11(14)6-10(8-15)7-12(13)16-3/h6-7,9H,4-5,8,15H2,1-3H3. The third kappa shape index (κ3) is 4.48. The summed E-state index contributed by atoms with van der Waals surface area (Å²) in [5.74, 6) is 1.36. The zero-order chi connectivity index (χ0) is 13.5. The molecular weight excluding hydrogens is 298 g/mol. The number of ether oxygens (including phenoxy) is 3. The molecule has 0 aliphatic heterocycles. The zero-order valence-corrected chi connectivity index (χ0v) is 12.6. The maximum Gasteiger partial charge on any atom is 0.175 e. The Balaban J connectivity index is 2.69. The van der Waals surface area contributed by atoms with E-state index in [0.29, 0.717) is 31.3 Å². The Kier molecular flexibility index (Phi) is 6.46. The molecule has 0 spiro atoms. The molecule has 1 aromatic rings. The second-order valence-corrected chi connectivity index (χ2v) is 4.94. The quantitative estimate of drug-likeness (QED) is 0.786. The van der Waals surface area contributed by atoms with Gasteiger partial charge >= 0.3 is 0 Å². The fraction of sp³-hybridized carbons (Fsp3) is 0.538. The Morgan fingerprint density at radius 3 is 2.56 bits per heavy atom. The van der Waals surface area contributed by atoms with Crippen LogP contribution in [0.5, 0.6) is 11.5 Å². The smallest absolute Gasteiger partial charge is 0.175 e. The van der Waals surface area contributed by atoms with Crippen molar-refractivity contribution in [3.63, 3.8) is 0 Å². The van der Waals surface area contributed by atoms with Crippen molar-refractivity contribution in [2.45, 2.75) is 26.5 Å². The number of halogens is 1. The summed E-state index contributed by atoms with van der Waals surface area (Å²) in [4.78, 5) is 0. The molecule has 0 heterocycles. The van der Waals surface area contributed by atoms with E-state index in [1.807, 2.05) is 26.0 Å². The van der Waals surface area contributed by atoms with Gasteiger partial charge in [0, 0.05) is 6.54 Å². The molecule has 0 aliphatic rings. The molecule has 0 unspecified atom stereocenters. The Hall–Kier alpha value is -0.780. The third-order valence-corrected chi connectivity index (χ3v) is 2.89. The maximum absolute atomic E-state index is 5.67. The van der Waals surface area contributed by atoms with Crippen LogP contribution in [0.15, 0.2) is 16.6 Å². The summed E-state index contributed by atoms with van der Waals surface area (Å²) in [6, 6.07) is 3.81. The first-order chi connectivity index (χ1) is 8.58. The van der Waals surface area contributed by atoms with Gasteiger partial charge in [-0.05, 0) is 47.5 Å². The van der Waals surface area contributed by atoms with Crippen molar-refractivity contribution in [2.75, 3.05) is 20.3 Å². The average molecular weight is 318 g/mol. The second-order valence-electron chi connectivity index (χ2n) is 4.08. The number of hydrogen-bond donors (Lipinski definition) is 1. The lowest BCUT2D eigenvalue weighted by atomic mass is 10.2. The van der Waals surface area contributed by atoms with Crippen molar-refractivity contribution in [1.82, 2.24) is 0 Å². The van der Waals surface area contributed by atoms with Crippen LogP contribution in [0.25, 0.3) is 0 Å². The van der Waals surface area contributed by atoms with Gasteiger partial charge in [0.1, 0.15) is 6.61 Å². The van der Waals surface area contributed by atoms with Crippen LogP contribution < -0.4 is 15.2 Å². The van der Waals surface area contributed by atoms with E-state index >= 15 is 0 Å². The first kappa shape index (κ1) is 15.3. The van der Waals surface area contributed by atoms with Crippen LogP contribution in [0.2, 0.25) is 0 Å². The van der Waals surface area contributed by atoms with Crippen LogP contribution in [0, 0.1) is 0 Å². The summed E-state index contributed by atoms with van der Waals surface area (Å²) >= 11 is 3.46. The van der Waals surface area contributed by atoms with Gasteiger partial charge in [0.2, 0.25) is 0 Å². The molecular formula is C13H20BrNO3. The molecule has 18 heavy (non-hydrogen) atoms. The van der Waals surface area contributed by atoms with E-state index in [4.69, 9.17) is 19.9 Å². The lowest BCUT2D eigenvalue weighted by molar-refractivity contribution is 0.0545. The first-order valence-corrected chi connectivity index (χ1v) is 6.68. The monoisotopic (exact) mass is 317 g/mol. The summed E-state index contributed by atoms with van der Waals surface area (Å²) in [5.41, 5.74) is 6.60. The van der Waals surface area contributed by atoms with E-state index in [-0.39, 0.29) is 6.10 Å². The van der Waals surface area contributed by atoms with Crippen molar-refractivity contribution in [3.05, 3.63) is 22.2 Å². The van der Waals surface area contributed by atoms with E-state index in [1.54, 1.807) is 7.11 Å². The van der Waals surface area contributed by atoms with Crippen molar-refractivity contribution in [2.24, 2.45) is 5.73 Å². The number of rotatable bonds is 7. The van der Waals surface area contributed by atoms with Crippen LogP contribution in [0.1, 0.15) is 19.4 Å². The molecule has 0 bridgehead atoms. The summed E-state index contributed by atoms with van der Waals surface area (Å²) in [6.07, 6.45) is 0.207. The van der Waals surface area contributed by atoms with Crippen molar-refractivity contribution in [3.8, 4) is 11.5 Å². The molecule has 0 amide bonds. The minimum atomic E-state index is 0.207. The third-order valence-electron chi connectivity index (χ3n) is 2.31. The predicted molar refractivity (Wildman–Crippen MR) is 75.2 cm³/mol. The summed E-state index contributed by atoms with van der Waals surface area (Å²) in [5, 5.41) is 0. The highest BCUT2D eigenvalue weighted by Crippen LogP contribution is 2.36. The minimum Gasteiger partial charge on any atom is -0.493 e. The summed E-state index contributed by atoms with van der Waals surface area (Å²) in [7, 11) is 1.61. The Labute approximate surface area is 117 Å². The minimum absolute atomic E-state index is 0.207. The fourth-order valence-electron chi connectivity index (χ4n) is 1.46. The number of methoxy groups -OCH3 is 1. The summed E-state index contributed by atoms with van der Waals surface area (Å²) < 4.78 is 17.2. The molecule has 0 aromatic heterocycles. The molecule has 0 saturated heterocycles. The van der Waals surface area contributed by atoms with Crippen LogP contribution in [0.4, 0.5) is 0 Å². The van der Waals surface area contributed by atoms with Gasteiger partial charge in [-0.3, -0.25) is 0 Å². The lowest BCUT2D eigenvalue weighted by Crippen LogP contribution is -2.12. The van der Waals surface area contributed by atoms with Gasteiger partial charge in [0.05, 0.1) is 24.3 Å². The van der Waals surface area contributed by atoms with Gasteiger partial charge in [-0.2, -0.15) is 0 Å². The van der Waals surface area contributed by atoms with E-state index in [0.717, 1.165) is 10.0 Å². The molecule has 5 heteroatoms. The van der Waals surface area contributed by atoms with Crippen LogP contribution in [0.3, 0.4) is 0 Å². The molecule has 0 fully saturated rings. The van der Waals surface area contributed by atoms with Gasteiger partial charge in [0.15, 0.2) is 11.5 Å². The Bertz CT molecular complexity index is 383. The van der Waals surface area contributed by atoms with Gasteiger partial charge in [-0.25, -0.2) is 0 Å². The van der Waals surface area contributed by atoms with Crippen LogP contribution >= 0.6 is 15.9 Å². The highest BCUT2D eigenvalue weighted by Gasteiger charge is 2.11. The van der Waals surface area contributed by atoms with Crippen LogP contribution in [-0.4, -0.2) is 26.4 Å². The van der Waals surface area contributed by atoms with Gasteiger partial charge in [-0.1, -0.05) is 0 Å². The van der Waals surface area contributed by atoms with E-state index in [9.17, 15) is 0 Å². The number of benzene rings is 1. The van der Waals surface area contributed by atoms with Gasteiger partial charge < -0.3 is 19.9 Å². The van der Waals surface area contributed by atoms with Crippen LogP contribution in [-0.2, 0) is 11.3 Å². The van der Waals surface area contributed by atoms with E-state index in [2.05, 4.69) is 15.9 Å². The van der Waals surface area contributed by atoms with Crippen molar-refractivity contribution >= 4 is 15.9 Å². The predicted octanol–water partition coefficient (Wildman–Crippen LogP) is 2.72. The zero-order valence-electron chi connectivity index (χ0n) is 11.0. The Morgan fingerprint density at radius 1 is 1.28 bits per heavy atom. The topological polar surface area (TPSA) is 53.7 Å².